The third kappa shape index (κ3) is 3.24. The Kier molecular flexibility index (Phi) is 4.51. The predicted octanol–water partition coefficient (Wildman–Crippen LogP) is 3.39. The van der Waals surface area contributed by atoms with Crippen molar-refractivity contribution in [3.63, 3.8) is 0 Å². The number of carbonyl (C=O) groups is 1. The Balaban J connectivity index is 1.46. The smallest absolute Gasteiger partial charge is 0.289 e. The first-order chi connectivity index (χ1) is 12.6. The molecule has 0 spiro atoms. The Bertz CT molecular complexity index is 927. The molecule has 0 aliphatic carbocycles. The van der Waals surface area contributed by atoms with E-state index in [9.17, 15) is 4.79 Å². The van der Waals surface area contributed by atoms with Crippen molar-refractivity contribution in [1.82, 2.24) is 15.0 Å². The van der Waals surface area contributed by atoms with Crippen molar-refractivity contribution in [3.05, 3.63) is 53.1 Å². The van der Waals surface area contributed by atoms with E-state index < -0.39 is 0 Å². The van der Waals surface area contributed by atoms with Crippen molar-refractivity contribution in [1.29, 1.82) is 0 Å². The molecule has 0 unspecified atom stereocenters. The van der Waals surface area contributed by atoms with Crippen LogP contribution in [0.15, 0.2) is 39.3 Å². The molecule has 0 atom stereocenters. The van der Waals surface area contributed by atoms with Crippen molar-refractivity contribution < 1.29 is 13.7 Å². The normalized spacial score (nSPS) is 16.2. The Hall–Kier alpha value is -2.60. The summed E-state index contributed by atoms with van der Waals surface area (Å²) in [6.45, 7) is 7.79. The van der Waals surface area contributed by atoms with Gasteiger partial charge in [0.05, 0.1) is 5.69 Å². The van der Waals surface area contributed by atoms with Crippen molar-refractivity contribution in [3.8, 4) is 0 Å². The minimum atomic E-state index is -0.0159. The van der Waals surface area contributed by atoms with Crippen molar-refractivity contribution in [2.75, 3.05) is 26.2 Å². The van der Waals surface area contributed by atoms with Crippen LogP contribution in [0.1, 0.15) is 34.0 Å². The van der Waals surface area contributed by atoms with Gasteiger partial charge >= 0.3 is 0 Å². The first kappa shape index (κ1) is 16.8. The van der Waals surface area contributed by atoms with Crippen LogP contribution in [-0.2, 0) is 6.54 Å². The molecule has 26 heavy (non-hydrogen) atoms. The molecule has 0 saturated carbocycles. The third-order valence-corrected chi connectivity index (χ3v) is 4.98. The second-order valence-electron chi connectivity index (χ2n) is 6.90. The Morgan fingerprint density at radius 1 is 1.15 bits per heavy atom. The second kappa shape index (κ2) is 6.96. The number of hydrogen-bond acceptors (Lipinski definition) is 5. The first-order valence-electron chi connectivity index (χ1n) is 9.04. The SMILES string of the molecule is Cc1cc(CN2CCCN(C(=O)c3oc4ccccc4c3C)CC2)no1. The van der Waals surface area contributed by atoms with Gasteiger partial charge in [0.15, 0.2) is 5.76 Å². The quantitative estimate of drug-likeness (QED) is 0.722. The van der Waals surface area contributed by atoms with Crippen LogP contribution in [0.5, 0.6) is 0 Å². The number of hydrogen-bond donors (Lipinski definition) is 0. The van der Waals surface area contributed by atoms with Gasteiger partial charge in [-0.15, -0.1) is 0 Å². The van der Waals surface area contributed by atoms with E-state index in [-0.39, 0.29) is 5.91 Å². The van der Waals surface area contributed by atoms with Crippen molar-refractivity contribution >= 4 is 16.9 Å². The van der Waals surface area contributed by atoms with Crippen LogP contribution in [0.4, 0.5) is 0 Å². The van der Waals surface area contributed by atoms with Gasteiger partial charge in [-0.25, -0.2) is 0 Å². The van der Waals surface area contributed by atoms with Crippen molar-refractivity contribution in [2.24, 2.45) is 0 Å². The number of aryl methyl sites for hydroxylation is 2. The fourth-order valence-corrected chi connectivity index (χ4v) is 3.58. The number of carbonyl (C=O) groups excluding carboxylic acids is 1. The van der Waals surface area contributed by atoms with Gasteiger partial charge in [0.2, 0.25) is 0 Å². The van der Waals surface area contributed by atoms with Gasteiger partial charge in [0.1, 0.15) is 11.3 Å². The van der Waals surface area contributed by atoms with E-state index >= 15 is 0 Å². The molecule has 1 aromatic carbocycles. The van der Waals surface area contributed by atoms with E-state index in [0.29, 0.717) is 12.3 Å². The number of benzene rings is 1. The van der Waals surface area contributed by atoms with Crippen LogP contribution in [0, 0.1) is 13.8 Å². The predicted molar refractivity (Wildman–Crippen MR) is 98.0 cm³/mol. The van der Waals surface area contributed by atoms with Gasteiger partial charge in [-0.2, -0.15) is 0 Å². The second-order valence-corrected chi connectivity index (χ2v) is 6.90. The van der Waals surface area contributed by atoms with Crippen LogP contribution >= 0.6 is 0 Å². The lowest BCUT2D eigenvalue weighted by Crippen LogP contribution is -2.35. The lowest BCUT2D eigenvalue weighted by Gasteiger charge is -2.20. The average molecular weight is 353 g/mol. The fourth-order valence-electron chi connectivity index (χ4n) is 3.58. The summed E-state index contributed by atoms with van der Waals surface area (Å²) in [5.74, 6) is 1.27. The molecule has 3 heterocycles. The molecule has 4 rings (SSSR count). The van der Waals surface area contributed by atoms with E-state index in [1.165, 1.54) is 0 Å². The van der Waals surface area contributed by atoms with Crippen LogP contribution in [0.2, 0.25) is 0 Å². The highest BCUT2D eigenvalue weighted by Gasteiger charge is 2.25. The van der Waals surface area contributed by atoms with Gasteiger partial charge in [-0.3, -0.25) is 9.69 Å². The number of para-hydroxylation sites is 1. The maximum Gasteiger partial charge on any atom is 0.289 e. The molecule has 1 aliphatic rings. The number of aromatic nitrogens is 1. The minimum Gasteiger partial charge on any atom is -0.451 e. The van der Waals surface area contributed by atoms with Gasteiger partial charge in [0.25, 0.3) is 5.91 Å². The standard InChI is InChI=1S/C20H23N3O3/c1-14-12-16(21-26-14)13-22-8-5-9-23(11-10-22)20(24)19-15(2)17-6-3-4-7-18(17)25-19/h3-4,6-7,12H,5,8-11,13H2,1-2H3. The highest BCUT2D eigenvalue weighted by molar-refractivity contribution is 5.98. The maximum absolute atomic E-state index is 13.0. The number of nitrogens with zero attached hydrogens (tertiary/aromatic N) is 3. The summed E-state index contributed by atoms with van der Waals surface area (Å²) in [5, 5.41) is 5.07. The first-order valence-corrected chi connectivity index (χ1v) is 9.04. The average Bonchev–Trinajstić information content (AvgIpc) is 3.10. The molecule has 6 nitrogen and oxygen atoms in total. The number of amides is 1. The van der Waals surface area contributed by atoms with E-state index in [1.54, 1.807) is 0 Å². The van der Waals surface area contributed by atoms with Crippen molar-refractivity contribution in [2.45, 2.75) is 26.8 Å². The largest absolute Gasteiger partial charge is 0.451 e. The Morgan fingerprint density at radius 3 is 2.77 bits per heavy atom. The number of rotatable bonds is 3. The number of fused-ring (bicyclic) bond motifs is 1. The van der Waals surface area contributed by atoms with E-state index in [2.05, 4.69) is 10.1 Å². The summed E-state index contributed by atoms with van der Waals surface area (Å²) < 4.78 is 11.0. The molecule has 3 aromatic rings. The Labute approximate surface area is 152 Å². The van der Waals surface area contributed by atoms with Gasteiger partial charge < -0.3 is 13.8 Å². The summed E-state index contributed by atoms with van der Waals surface area (Å²) in [7, 11) is 0. The molecule has 1 fully saturated rings. The zero-order valence-corrected chi connectivity index (χ0v) is 15.2. The molecule has 2 aromatic heterocycles. The van der Waals surface area contributed by atoms with E-state index in [1.807, 2.05) is 49.1 Å². The molecule has 1 aliphatic heterocycles. The van der Waals surface area contributed by atoms with Gasteiger partial charge in [-0.1, -0.05) is 23.4 Å². The zero-order valence-electron chi connectivity index (χ0n) is 15.2. The molecule has 6 heteroatoms. The number of furan rings is 1. The summed E-state index contributed by atoms with van der Waals surface area (Å²) in [6.07, 6.45) is 0.932. The molecule has 136 valence electrons. The van der Waals surface area contributed by atoms with Crippen LogP contribution < -0.4 is 0 Å². The summed E-state index contributed by atoms with van der Waals surface area (Å²) in [6, 6.07) is 9.76. The summed E-state index contributed by atoms with van der Waals surface area (Å²) in [5.41, 5.74) is 2.63. The Morgan fingerprint density at radius 2 is 2.00 bits per heavy atom. The summed E-state index contributed by atoms with van der Waals surface area (Å²) >= 11 is 0. The zero-order chi connectivity index (χ0) is 18.1. The van der Waals surface area contributed by atoms with Gasteiger partial charge in [-0.05, 0) is 26.3 Å². The molecule has 1 saturated heterocycles. The van der Waals surface area contributed by atoms with Crippen LogP contribution in [-0.4, -0.2) is 47.0 Å². The lowest BCUT2D eigenvalue weighted by atomic mass is 10.1. The van der Waals surface area contributed by atoms with Gasteiger partial charge in [0, 0.05) is 49.7 Å². The monoisotopic (exact) mass is 353 g/mol. The molecular weight excluding hydrogens is 330 g/mol. The topological polar surface area (TPSA) is 62.7 Å². The molecule has 0 bridgehead atoms. The minimum absolute atomic E-state index is 0.0159. The van der Waals surface area contributed by atoms with E-state index in [0.717, 1.165) is 60.6 Å². The highest BCUT2D eigenvalue weighted by atomic mass is 16.5. The summed E-state index contributed by atoms with van der Waals surface area (Å²) in [4.78, 5) is 17.2. The third-order valence-electron chi connectivity index (χ3n) is 4.98. The molecule has 0 N–H and O–H groups in total. The molecular formula is C20H23N3O3. The highest BCUT2D eigenvalue weighted by Crippen LogP contribution is 2.26. The fraction of sp³-hybridized carbons (Fsp3) is 0.400. The lowest BCUT2D eigenvalue weighted by molar-refractivity contribution is 0.0730. The van der Waals surface area contributed by atoms with E-state index in [4.69, 9.17) is 8.94 Å². The molecule has 1 amide bonds. The molecule has 0 radical (unpaired) electrons. The van der Waals surface area contributed by atoms with Crippen LogP contribution in [0.25, 0.3) is 11.0 Å². The van der Waals surface area contributed by atoms with Crippen LogP contribution in [0.3, 0.4) is 0 Å². The maximum atomic E-state index is 13.0.